The summed E-state index contributed by atoms with van der Waals surface area (Å²) in [5.41, 5.74) is 0. The summed E-state index contributed by atoms with van der Waals surface area (Å²) < 4.78 is 61.7. The van der Waals surface area contributed by atoms with Gasteiger partial charge in [0.2, 0.25) is 10.0 Å². The zero-order valence-corrected chi connectivity index (χ0v) is 11.1. The molecule has 1 aliphatic rings. The van der Waals surface area contributed by atoms with E-state index in [1.54, 1.807) is 0 Å². The molecule has 1 heterocycles. The van der Waals surface area contributed by atoms with E-state index in [4.69, 9.17) is 0 Å². The number of hydrogen-bond acceptors (Lipinski definition) is 3. The Hall–Kier alpha value is -0.340. The Bertz CT molecular complexity index is 351. The molecule has 1 rings (SSSR count). The molecule has 0 radical (unpaired) electrons. The maximum Gasteiger partial charge on any atom is 0.390 e. The van der Waals surface area contributed by atoms with Crippen molar-refractivity contribution < 1.29 is 21.6 Å². The first kappa shape index (κ1) is 15.7. The molecule has 0 aromatic rings. The molecule has 0 aromatic carbocycles. The van der Waals surface area contributed by atoms with Crippen LogP contribution in [0.1, 0.15) is 32.6 Å². The topological polar surface area (TPSA) is 58.2 Å². The first-order valence-electron chi connectivity index (χ1n) is 5.98. The maximum atomic E-state index is 12.1. The molecule has 0 amide bonds. The molecule has 2 N–H and O–H groups in total. The highest BCUT2D eigenvalue weighted by atomic mass is 32.2. The van der Waals surface area contributed by atoms with E-state index in [0.29, 0.717) is 0 Å². The van der Waals surface area contributed by atoms with Crippen LogP contribution in [-0.2, 0) is 10.0 Å². The quantitative estimate of drug-likeness (QED) is 0.804. The lowest BCUT2D eigenvalue weighted by molar-refractivity contribution is -0.137. The highest BCUT2D eigenvalue weighted by Crippen LogP contribution is 2.21. The lowest BCUT2D eigenvalue weighted by atomic mass is 10.1. The maximum absolute atomic E-state index is 12.1. The number of sulfonamides is 1. The minimum atomic E-state index is -4.36. The zero-order valence-electron chi connectivity index (χ0n) is 10.3. The van der Waals surface area contributed by atoms with Gasteiger partial charge in [-0.2, -0.15) is 13.2 Å². The van der Waals surface area contributed by atoms with Gasteiger partial charge in [-0.15, -0.1) is 0 Å². The Kier molecular flexibility index (Phi) is 5.42. The van der Waals surface area contributed by atoms with E-state index in [0.717, 1.165) is 25.8 Å². The van der Waals surface area contributed by atoms with Crippen LogP contribution in [0.2, 0.25) is 0 Å². The molecule has 18 heavy (non-hydrogen) atoms. The first-order chi connectivity index (χ1) is 8.18. The van der Waals surface area contributed by atoms with E-state index >= 15 is 0 Å². The SMILES string of the molecule is CC(CC(F)(F)F)NS(=O)(=O)CC1CCCCN1. The van der Waals surface area contributed by atoms with Crippen molar-refractivity contribution in [3.8, 4) is 0 Å². The van der Waals surface area contributed by atoms with Gasteiger partial charge < -0.3 is 5.32 Å². The Labute approximate surface area is 105 Å². The van der Waals surface area contributed by atoms with Crippen molar-refractivity contribution in [1.82, 2.24) is 10.0 Å². The van der Waals surface area contributed by atoms with Gasteiger partial charge in [-0.3, -0.25) is 0 Å². The van der Waals surface area contributed by atoms with E-state index in [1.807, 2.05) is 0 Å². The molecule has 108 valence electrons. The fraction of sp³-hybridized carbons (Fsp3) is 1.00. The van der Waals surface area contributed by atoms with Crippen molar-refractivity contribution in [2.45, 2.75) is 50.9 Å². The standard InChI is InChI=1S/C10H19F3N2O2S/c1-8(6-10(11,12)13)15-18(16,17)7-9-4-2-3-5-14-9/h8-9,14-15H,2-7H2,1H3. The molecule has 2 unspecified atom stereocenters. The summed E-state index contributed by atoms with van der Waals surface area (Å²) in [5, 5.41) is 3.06. The predicted octanol–water partition coefficient (Wildman–Crippen LogP) is 1.39. The molecule has 4 nitrogen and oxygen atoms in total. The molecule has 0 aliphatic carbocycles. The normalized spacial score (nSPS) is 23.9. The van der Waals surface area contributed by atoms with Crippen molar-refractivity contribution in [2.75, 3.05) is 12.3 Å². The van der Waals surface area contributed by atoms with Gasteiger partial charge in [0.15, 0.2) is 0 Å². The lowest BCUT2D eigenvalue weighted by Gasteiger charge is -2.24. The number of piperidine rings is 1. The molecule has 1 fully saturated rings. The average molecular weight is 288 g/mol. The molecule has 0 aromatic heterocycles. The summed E-state index contributed by atoms with van der Waals surface area (Å²) in [6.07, 6.45) is -2.80. The van der Waals surface area contributed by atoms with E-state index < -0.39 is 28.7 Å². The highest BCUT2D eigenvalue weighted by Gasteiger charge is 2.32. The van der Waals surface area contributed by atoms with Crippen molar-refractivity contribution in [2.24, 2.45) is 0 Å². The van der Waals surface area contributed by atoms with Crippen LogP contribution in [0.15, 0.2) is 0 Å². The van der Waals surface area contributed by atoms with Crippen LogP contribution in [-0.4, -0.2) is 39.0 Å². The van der Waals surface area contributed by atoms with Crippen molar-refractivity contribution in [3.63, 3.8) is 0 Å². The largest absolute Gasteiger partial charge is 0.390 e. The van der Waals surface area contributed by atoms with Crippen LogP contribution in [0.3, 0.4) is 0 Å². The van der Waals surface area contributed by atoms with Gasteiger partial charge in [0.1, 0.15) is 0 Å². The first-order valence-corrected chi connectivity index (χ1v) is 7.63. The number of alkyl halides is 3. The van der Waals surface area contributed by atoms with Crippen LogP contribution < -0.4 is 10.0 Å². The van der Waals surface area contributed by atoms with E-state index in [-0.39, 0.29) is 11.8 Å². The number of halogens is 3. The van der Waals surface area contributed by atoms with E-state index in [9.17, 15) is 21.6 Å². The van der Waals surface area contributed by atoms with E-state index in [2.05, 4.69) is 10.0 Å². The summed E-state index contributed by atoms with van der Waals surface area (Å²) in [6.45, 7) is 1.98. The molecule has 0 saturated carbocycles. The van der Waals surface area contributed by atoms with Gasteiger partial charge in [0.05, 0.1) is 12.2 Å². The Balaban J connectivity index is 2.43. The number of nitrogens with one attached hydrogen (secondary N) is 2. The second kappa shape index (κ2) is 6.21. The van der Waals surface area contributed by atoms with Crippen molar-refractivity contribution in [3.05, 3.63) is 0 Å². The summed E-state index contributed by atoms with van der Waals surface area (Å²) in [5.74, 6) is -0.158. The third-order valence-corrected chi connectivity index (χ3v) is 4.35. The Morgan fingerprint density at radius 2 is 2.06 bits per heavy atom. The smallest absolute Gasteiger partial charge is 0.313 e. The highest BCUT2D eigenvalue weighted by molar-refractivity contribution is 7.89. The molecule has 8 heteroatoms. The summed E-state index contributed by atoms with van der Waals surface area (Å²) in [6, 6.07) is -1.28. The van der Waals surface area contributed by atoms with E-state index in [1.165, 1.54) is 6.92 Å². The molecule has 0 spiro atoms. The van der Waals surface area contributed by atoms with Crippen molar-refractivity contribution >= 4 is 10.0 Å². The molecule has 1 saturated heterocycles. The molecule has 1 aliphatic heterocycles. The predicted molar refractivity (Wildman–Crippen MR) is 62.7 cm³/mol. The fourth-order valence-electron chi connectivity index (χ4n) is 2.07. The van der Waals surface area contributed by atoms with Crippen LogP contribution in [0.25, 0.3) is 0 Å². The van der Waals surface area contributed by atoms with Gasteiger partial charge in [0.25, 0.3) is 0 Å². The molecule has 0 bridgehead atoms. The van der Waals surface area contributed by atoms with Gasteiger partial charge in [0, 0.05) is 12.1 Å². The summed E-state index contributed by atoms with van der Waals surface area (Å²) in [7, 11) is -3.67. The Morgan fingerprint density at radius 1 is 1.39 bits per heavy atom. The Morgan fingerprint density at radius 3 is 2.56 bits per heavy atom. The fourth-order valence-corrected chi connectivity index (χ4v) is 3.68. The minimum absolute atomic E-state index is 0.158. The van der Waals surface area contributed by atoms with Crippen LogP contribution in [0.4, 0.5) is 13.2 Å². The van der Waals surface area contributed by atoms with Crippen LogP contribution in [0, 0.1) is 0 Å². The number of rotatable bonds is 5. The second-order valence-corrected chi connectivity index (χ2v) is 6.56. The summed E-state index contributed by atoms with van der Waals surface area (Å²) in [4.78, 5) is 0. The number of hydrogen-bond donors (Lipinski definition) is 2. The monoisotopic (exact) mass is 288 g/mol. The molecular weight excluding hydrogens is 269 g/mol. The van der Waals surface area contributed by atoms with Gasteiger partial charge in [-0.25, -0.2) is 13.1 Å². The second-order valence-electron chi connectivity index (χ2n) is 4.77. The van der Waals surface area contributed by atoms with Crippen molar-refractivity contribution in [1.29, 1.82) is 0 Å². The molecule has 2 atom stereocenters. The van der Waals surface area contributed by atoms with Crippen LogP contribution in [0.5, 0.6) is 0 Å². The minimum Gasteiger partial charge on any atom is -0.313 e. The average Bonchev–Trinajstić information content (AvgIpc) is 2.13. The van der Waals surface area contributed by atoms with Gasteiger partial charge in [-0.05, 0) is 26.3 Å². The van der Waals surface area contributed by atoms with Gasteiger partial charge in [-0.1, -0.05) is 6.42 Å². The lowest BCUT2D eigenvalue weighted by Crippen LogP contribution is -2.45. The zero-order chi connectivity index (χ0) is 13.8. The van der Waals surface area contributed by atoms with Crippen LogP contribution >= 0.6 is 0 Å². The van der Waals surface area contributed by atoms with Gasteiger partial charge >= 0.3 is 6.18 Å². The third kappa shape index (κ3) is 6.55. The molecular formula is C10H19F3N2O2S. The third-order valence-electron chi connectivity index (χ3n) is 2.75. The summed E-state index contributed by atoms with van der Waals surface area (Å²) >= 11 is 0.